The third-order valence-corrected chi connectivity index (χ3v) is 2.50. The number of ether oxygens (including phenoxy) is 2. The Kier molecular flexibility index (Phi) is 2.44. The molecule has 0 radical (unpaired) electrons. The zero-order valence-corrected chi connectivity index (χ0v) is 7.71. The quantitative estimate of drug-likeness (QED) is 0.457. The zero-order chi connectivity index (χ0) is 10.3. The first-order valence-electron chi connectivity index (χ1n) is 4.50. The maximum absolute atomic E-state index is 10.8. The van der Waals surface area contributed by atoms with Crippen molar-refractivity contribution in [2.24, 2.45) is 0 Å². The molecule has 2 saturated heterocycles. The minimum Gasteiger partial charge on any atom is -0.388 e. The molecule has 0 aliphatic carbocycles. The van der Waals surface area contributed by atoms with Gasteiger partial charge in [-0.1, -0.05) is 0 Å². The Hall–Kier alpha value is -0.690. The van der Waals surface area contributed by atoms with Crippen LogP contribution in [0.2, 0.25) is 0 Å². The molecule has 6 nitrogen and oxygen atoms in total. The van der Waals surface area contributed by atoms with Gasteiger partial charge in [-0.2, -0.15) is 0 Å². The molecular weight excluding hydrogens is 190 g/mol. The standard InChI is InChI=1S/C8H13NO5/c1-3(10)9-5-6(11)4-2-13-8(14-4)7(5)12/h4-8,11-12H,2H2,1H3,(H,9,10)/t4-,5+,6-,7-,8-/m1/s1. The van der Waals surface area contributed by atoms with E-state index in [1.165, 1.54) is 6.92 Å². The Balaban J connectivity index is 2.10. The van der Waals surface area contributed by atoms with E-state index in [4.69, 9.17) is 9.47 Å². The number of aliphatic hydroxyl groups is 2. The topological polar surface area (TPSA) is 88.0 Å². The van der Waals surface area contributed by atoms with E-state index in [0.717, 1.165) is 0 Å². The minimum atomic E-state index is -1.02. The molecule has 2 heterocycles. The predicted octanol–water partition coefficient (Wildman–Crippen LogP) is -2.03. The summed E-state index contributed by atoms with van der Waals surface area (Å²) in [5.41, 5.74) is 0. The SMILES string of the molecule is CC(=O)N[C@@H]1[C@@H](O)[C@@H]2OC[C@@H](O2)[C@H]1O. The summed E-state index contributed by atoms with van der Waals surface area (Å²) in [5, 5.41) is 21.8. The molecule has 2 aliphatic heterocycles. The fourth-order valence-corrected chi connectivity index (χ4v) is 1.81. The normalized spacial score (nSPS) is 46.4. The number of hydrogen-bond donors (Lipinski definition) is 3. The molecule has 0 aromatic rings. The van der Waals surface area contributed by atoms with Crippen LogP contribution in [0.5, 0.6) is 0 Å². The van der Waals surface area contributed by atoms with Crippen LogP contribution in [0, 0.1) is 0 Å². The second kappa shape index (κ2) is 3.47. The lowest BCUT2D eigenvalue weighted by molar-refractivity contribution is -0.195. The lowest BCUT2D eigenvalue weighted by atomic mass is 9.98. The van der Waals surface area contributed by atoms with Crippen LogP contribution in [0.15, 0.2) is 0 Å². The lowest BCUT2D eigenvalue weighted by Gasteiger charge is -2.35. The summed E-state index contributed by atoms with van der Waals surface area (Å²) in [6.45, 7) is 1.58. The van der Waals surface area contributed by atoms with Crippen LogP contribution >= 0.6 is 0 Å². The average molecular weight is 203 g/mol. The van der Waals surface area contributed by atoms with Crippen molar-refractivity contribution in [3.63, 3.8) is 0 Å². The van der Waals surface area contributed by atoms with Crippen LogP contribution in [0.4, 0.5) is 0 Å². The zero-order valence-electron chi connectivity index (χ0n) is 7.71. The van der Waals surface area contributed by atoms with Crippen LogP contribution in [0.25, 0.3) is 0 Å². The summed E-state index contributed by atoms with van der Waals surface area (Å²) in [5.74, 6) is -0.297. The van der Waals surface area contributed by atoms with Crippen molar-refractivity contribution in [3.8, 4) is 0 Å². The highest BCUT2D eigenvalue weighted by Gasteiger charge is 2.49. The van der Waals surface area contributed by atoms with Gasteiger partial charge in [0.1, 0.15) is 18.3 Å². The molecule has 0 unspecified atom stereocenters. The van der Waals surface area contributed by atoms with Gasteiger partial charge >= 0.3 is 0 Å². The summed E-state index contributed by atoms with van der Waals surface area (Å²) in [4.78, 5) is 10.8. The first-order chi connectivity index (χ1) is 6.59. The summed E-state index contributed by atoms with van der Waals surface area (Å²) in [6.07, 6.45) is -3.14. The van der Waals surface area contributed by atoms with Gasteiger partial charge in [0.15, 0.2) is 6.29 Å². The van der Waals surface area contributed by atoms with Crippen LogP contribution in [-0.2, 0) is 14.3 Å². The van der Waals surface area contributed by atoms with Gasteiger partial charge in [-0.15, -0.1) is 0 Å². The third kappa shape index (κ3) is 1.50. The van der Waals surface area contributed by atoms with E-state index in [1.807, 2.05) is 0 Å². The summed E-state index contributed by atoms with van der Waals surface area (Å²) in [6, 6.07) is -0.709. The Morgan fingerprint density at radius 1 is 1.43 bits per heavy atom. The van der Waals surface area contributed by atoms with Gasteiger partial charge in [0.05, 0.1) is 12.6 Å². The summed E-state index contributed by atoms with van der Waals surface area (Å²) < 4.78 is 10.2. The van der Waals surface area contributed by atoms with Gasteiger partial charge in [0, 0.05) is 6.92 Å². The van der Waals surface area contributed by atoms with Gasteiger partial charge in [-0.05, 0) is 0 Å². The van der Waals surface area contributed by atoms with Crippen molar-refractivity contribution < 1.29 is 24.5 Å². The van der Waals surface area contributed by atoms with E-state index in [2.05, 4.69) is 5.32 Å². The number of hydrogen-bond acceptors (Lipinski definition) is 5. The number of amides is 1. The van der Waals surface area contributed by atoms with Crippen LogP contribution < -0.4 is 5.32 Å². The molecule has 14 heavy (non-hydrogen) atoms. The summed E-state index contributed by atoms with van der Waals surface area (Å²) in [7, 11) is 0. The predicted molar refractivity (Wildman–Crippen MR) is 44.2 cm³/mol. The molecule has 5 atom stereocenters. The first-order valence-corrected chi connectivity index (χ1v) is 4.50. The van der Waals surface area contributed by atoms with Crippen molar-refractivity contribution in [2.75, 3.05) is 6.61 Å². The highest BCUT2D eigenvalue weighted by Crippen LogP contribution is 2.27. The Bertz CT molecular complexity index is 230. The highest BCUT2D eigenvalue weighted by molar-refractivity contribution is 5.73. The molecule has 80 valence electrons. The molecule has 1 amide bonds. The second-order valence-corrected chi connectivity index (χ2v) is 3.58. The van der Waals surface area contributed by atoms with E-state index in [9.17, 15) is 15.0 Å². The number of fused-ring (bicyclic) bond motifs is 2. The molecular formula is C8H13NO5. The molecule has 0 aromatic heterocycles. The van der Waals surface area contributed by atoms with E-state index < -0.39 is 30.6 Å². The van der Waals surface area contributed by atoms with Crippen molar-refractivity contribution in [1.82, 2.24) is 5.32 Å². The smallest absolute Gasteiger partial charge is 0.217 e. The van der Waals surface area contributed by atoms with Crippen molar-refractivity contribution in [3.05, 3.63) is 0 Å². The lowest BCUT2D eigenvalue weighted by Crippen LogP contribution is -2.60. The van der Waals surface area contributed by atoms with Gasteiger partial charge in [-0.3, -0.25) is 4.79 Å². The Morgan fingerprint density at radius 3 is 2.79 bits per heavy atom. The van der Waals surface area contributed by atoms with Gasteiger partial charge in [-0.25, -0.2) is 0 Å². The third-order valence-electron chi connectivity index (χ3n) is 2.50. The number of aliphatic hydroxyl groups excluding tert-OH is 2. The van der Waals surface area contributed by atoms with Crippen molar-refractivity contribution in [1.29, 1.82) is 0 Å². The van der Waals surface area contributed by atoms with E-state index in [1.54, 1.807) is 0 Å². The number of rotatable bonds is 1. The van der Waals surface area contributed by atoms with E-state index in [-0.39, 0.29) is 12.5 Å². The van der Waals surface area contributed by atoms with E-state index >= 15 is 0 Å². The van der Waals surface area contributed by atoms with Gasteiger partial charge in [0.25, 0.3) is 0 Å². The Morgan fingerprint density at radius 2 is 2.14 bits per heavy atom. The first kappa shape index (κ1) is 9.85. The number of carbonyl (C=O) groups excluding carboxylic acids is 1. The highest BCUT2D eigenvalue weighted by atomic mass is 16.7. The molecule has 0 saturated carbocycles. The monoisotopic (exact) mass is 203 g/mol. The molecule has 3 N–H and O–H groups in total. The molecule has 2 fully saturated rings. The van der Waals surface area contributed by atoms with Crippen LogP contribution in [-0.4, -0.2) is 53.4 Å². The molecule has 6 heteroatoms. The fourth-order valence-electron chi connectivity index (χ4n) is 1.81. The molecule has 2 rings (SSSR count). The van der Waals surface area contributed by atoms with Crippen molar-refractivity contribution in [2.45, 2.75) is 37.6 Å². The minimum absolute atomic E-state index is 0.249. The number of nitrogens with one attached hydrogen (secondary N) is 1. The fraction of sp³-hybridized carbons (Fsp3) is 0.875. The largest absolute Gasteiger partial charge is 0.388 e. The maximum atomic E-state index is 10.8. The van der Waals surface area contributed by atoms with Crippen molar-refractivity contribution >= 4 is 5.91 Å². The number of carbonyl (C=O) groups is 1. The van der Waals surface area contributed by atoms with E-state index in [0.29, 0.717) is 0 Å². The Labute approximate surface area is 80.8 Å². The summed E-state index contributed by atoms with van der Waals surface area (Å²) >= 11 is 0. The van der Waals surface area contributed by atoms with Crippen LogP contribution in [0.1, 0.15) is 6.92 Å². The average Bonchev–Trinajstić information content (AvgIpc) is 2.55. The molecule has 2 aliphatic rings. The molecule has 2 bridgehead atoms. The van der Waals surface area contributed by atoms with Gasteiger partial charge < -0.3 is 25.0 Å². The van der Waals surface area contributed by atoms with Gasteiger partial charge in [0.2, 0.25) is 5.91 Å². The van der Waals surface area contributed by atoms with Crippen LogP contribution in [0.3, 0.4) is 0 Å². The second-order valence-electron chi connectivity index (χ2n) is 3.58. The molecule has 0 spiro atoms. The maximum Gasteiger partial charge on any atom is 0.217 e. The molecule has 0 aromatic carbocycles.